The van der Waals surface area contributed by atoms with Gasteiger partial charge in [-0.05, 0) is 61.4 Å². The van der Waals surface area contributed by atoms with Gasteiger partial charge in [-0.15, -0.1) is 0 Å². The normalized spacial score (nSPS) is 16.9. The molecule has 10 heteroatoms. The van der Waals surface area contributed by atoms with E-state index in [-0.39, 0.29) is 37.4 Å². The van der Waals surface area contributed by atoms with Gasteiger partial charge in [0.1, 0.15) is 6.04 Å². The quantitative estimate of drug-likeness (QED) is 0.337. The highest BCUT2D eigenvalue weighted by atomic mass is 35.5. The van der Waals surface area contributed by atoms with Crippen molar-refractivity contribution in [2.75, 3.05) is 10.8 Å². The van der Waals surface area contributed by atoms with Gasteiger partial charge in [-0.2, -0.15) is 0 Å². The van der Waals surface area contributed by atoms with Crippen LogP contribution in [0.5, 0.6) is 0 Å². The molecule has 0 radical (unpaired) electrons. The van der Waals surface area contributed by atoms with Crippen LogP contribution in [0, 0.1) is 0 Å². The standard InChI is InChI=1S/C29H31Cl2N3O4S/c1-19(29(36)32-22-9-2-3-10-22)33(18-20-14-15-23(30)24(31)17-20)27(35)13-6-16-34-25-11-4-7-21-8-5-12-26(28(21)25)39(34,37)38/h4-5,7-8,11-12,14-15,17,19,22H,2-3,6,9-10,13,16,18H2,1H3,(H,32,36)/t19-/m1/s1. The predicted octanol–water partition coefficient (Wildman–Crippen LogP) is 5.91. The Balaban J connectivity index is 1.31. The van der Waals surface area contributed by atoms with E-state index in [0.29, 0.717) is 32.4 Å². The summed E-state index contributed by atoms with van der Waals surface area (Å²) in [5.41, 5.74) is 1.38. The van der Waals surface area contributed by atoms with Gasteiger partial charge in [0.2, 0.25) is 11.8 Å². The van der Waals surface area contributed by atoms with Crippen molar-refractivity contribution in [2.24, 2.45) is 0 Å². The van der Waals surface area contributed by atoms with Gasteiger partial charge in [-0.25, -0.2) is 8.42 Å². The number of nitrogens with zero attached hydrogens (tertiary/aromatic N) is 2. The number of benzene rings is 3. The summed E-state index contributed by atoms with van der Waals surface area (Å²) < 4.78 is 28.0. The molecule has 2 amide bonds. The summed E-state index contributed by atoms with van der Waals surface area (Å²) in [5.74, 6) is -0.429. The summed E-state index contributed by atoms with van der Waals surface area (Å²) in [6, 6.07) is 15.3. The first-order chi connectivity index (χ1) is 18.7. The minimum absolute atomic E-state index is 0.0840. The maximum absolute atomic E-state index is 13.5. The lowest BCUT2D eigenvalue weighted by molar-refractivity contribution is -0.141. The van der Waals surface area contributed by atoms with Crippen molar-refractivity contribution >= 4 is 61.5 Å². The average Bonchev–Trinajstić information content (AvgIpc) is 3.50. The molecule has 1 atom stereocenters. The third kappa shape index (κ3) is 5.60. The van der Waals surface area contributed by atoms with E-state index in [1.54, 1.807) is 43.3 Å². The average molecular weight is 589 g/mol. The van der Waals surface area contributed by atoms with Gasteiger partial charge in [-0.3, -0.25) is 13.9 Å². The molecule has 0 bridgehead atoms. The summed E-state index contributed by atoms with van der Waals surface area (Å²) in [5, 5.41) is 5.44. The number of nitrogens with one attached hydrogen (secondary N) is 1. The Morgan fingerprint density at radius 1 is 1.05 bits per heavy atom. The van der Waals surface area contributed by atoms with Gasteiger partial charge in [0.05, 0.1) is 20.6 Å². The molecule has 1 heterocycles. The summed E-state index contributed by atoms with van der Waals surface area (Å²) in [6.07, 6.45) is 4.44. The van der Waals surface area contributed by atoms with E-state index in [9.17, 15) is 18.0 Å². The van der Waals surface area contributed by atoms with Crippen molar-refractivity contribution in [3.8, 4) is 0 Å². The highest BCUT2D eigenvalue weighted by Crippen LogP contribution is 2.42. The van der Waals surface area contributed by atoms with Crippen LogP contribution in [0.15, 0.2) is 59.5 Å². The van der Waals surface area contributed by atoms with Crippen molar-refractivity contribution in [1.82, 2.24) is 10.2 Å². The van der Waals surface area contributed by atoms with Gasteiger partial charge in [0.15, 0.2) is 0 Å². The van der Waals surface area contributed by atoms with E-state index in [4.69, 9.17) is 23.2 Å². The van der Waals surface area contributed by atoms with Crippen molar-refractivity contribution < 1.29 is 18.0 Å². The largest absolute Gasteiger partial charge is 0.352 e. The van der Waals surface area contributed by atoms with Gasteiger partial charge in [0, 0.05) is 30.9 Å². The molecule has 1 N–H and O–H groups in total. The van der Waals surface area contributed by atoms with E-state index in [0.717, 1.165) is 36.6 Å². The number of sulfonamides is 1. The fourth-order valence-corrected chi connectivity index (χ4v) is 7.60. The molecule has 1 fully saturated rings. The molecule has 7 nitrogen and oxygen atoms in total. The van der Waals surface area contributed by atoms with Crippen LogP contribution in [0.4, 0.5) is 5.69 Å². The maximum atomic E-state index is 13.5. The Morgan fingerprint density at radius 3 is 2.49 bits per heavy atom. The zero-order valence-corrected chi connectivity index (χ0v) is 24.0. The lowest BCUT2D eigenvalue weighted by atomic mass is 10.1. The zero-order chi connectivity index (χ0) is 27.7. The monoisotopic (exact) mass is 587 g/mol. The van der Waals surface area contributed by atoms with E-state index < -0.39 is 16.1 Å². The summed E-state index contributed by atoms with van der Waals surface area (Å²) in [7, 11) is -3.70. The third-order valence-corrected chi connectivity index (χ3v) is 10.2. The van der Waals surface area contributed by atoms with E-state index in [1.165, 1.54) is 9.21 Å². The van der Waals surface area contributed by atoms with Gasteiger partial charge in [-0.1, -0.05) is 66.4 Å². The highest BCUT2D eigenvalue weighted by Gasteiger charge is 2.35. The highest BCUT2D eigenvalue weighted by molar-refractivity contribution is 7.93. The lowest BCUT2D eigenvalue weighted by Gasteiger charge is -2.30. The van der Waals surface area contributed by atoms with Crippen LogP contribution in [0.1, 0.15) is 51.0 Å². The first-order valence-electron chi connectivity index (χ1n) is 13.2. The Labute approximate surface area is 239 Å². The van der Waals surface area contributed by atoms with Crippen LogP contribution in [0.3, 0.4) is 0 Å². The molecule has 1 saturated carbocycles. The fraction of sp³-hybridized carbons (Fsp3) is 0.379. The molecule has 0 saturated heterocycles. The SMILES string of the molecule is C[C@H](C(=O)NC1CCCC1)N(Cc1ccc(Cl)c(Cl)c1)C(=O)CCCN1c2cccc3cccc(c23)S1(=O)=O. The molecule has 0 unspecified atom stereocenters. The fourth-order valence-electron chi connectivity index (χ4n) is 5.53. The molecule has 0 aromatic heterocycles. The Kier molecular flexibility index (Phi) is 8.08. The minimum Gasteiger partial charge on any atom is -0.352 e. The molecule has 206 valence electrons. The molecule has 39 heavy (non-hydrogen) atoms. The van der Waals surface area contributed by atoms with Crippen LogP contribution >= 0.6 is 23.2 Å². The Bertz CT molecular complexity index is 1520. The second-order valence-corrected chi connectivity index (χ2v) is 12.9. The maximum Gasteiger partial charge on any atom is 0.265 e. The molecular weight excluding hydrogens is 557 g/mol. The van der Waals surface area contributed by atoms with E-state index >= 15 is 0 Å². The van der Waals surface area contributed by atoms with E-state index in [1.807, 2.05) is 18.2 Å². The van der Waals surface area contributed by atoms with Crippen LogP contribution in [-0.4, -0.2) is 43.8 Å². The van der Waals surface area contributed by atoms with Crippen LogP contribution in [0.25, 0.3) is 10.8 Å². The molecule has 1 aliphatic heterocycles. The summed E-state index contributed by atoms with van der Waals surface area (Å²) in [4.78, 5) is 28.5. The Hall–Kier alpha value is -2.81. The number of halogens is 2. The summed E-state index contributed by atoms with van der Waals surface area (Å²) >= 11 is 12.3. The topological polar surface area (TPSA) is 86.8 Å². The second kappa shape index (κ2) is 11.4. The van der Waals surface area contributed by atoms with Crippen molar-refractivity contribution in [3.63, 3.8) is 0 Å². The lowest BCUT2D eigenvalue weighted by Crippen LogP contribution is -2.49. The second-order valence-electron chi connectivity index (χ2n) is 10.2. The molecule has 1 aliphatic carbocycles. The first-order valence-corrected chi connectivity index (χ1v) is 15.4. The summed E-state index contributed by atoms with van der Waals surface area (Å²) in [6.45, 7) is 2.06. The molecule has 3 aromatic rings. The molecule has 3 aromatic carbocycles. The molecule has 0 spiro atoms. The van der Waals surface area contributed by atoms with Gasteiger partial charge >= 0.3 is 0 Å². The number of amides is 2. The first kappa shape index (κ1) is 27.7. The number of hydrogen-bond donors (Lipinski definition) is 1. The molecule has 2 aliphatic rings. The third-order valence-electron chi connectivity index (χ3n) is 7.64. The van der Waals surface area contributed by atoms with Crippen molar-refractivity contribution in [2.45, 2.75) is 69.0 Å². The van der Waals surface area contributed by atoms with Crippen LogP contribution in [0.2, 0.25) is 10.0 Å². The van der Waals surface area contributed by atoms with Crippen molar-refractivity contribution in [1.29, 1.82) is 0 Å². The molecular formula is C29H31Cl2N3O4S. The van der Waals surface area contributed by atoms with Crippen molar-refractivity contribution in [3.05, 3.63) is 70.2 Å². The van der Waals surface area contributed by atoms with E-state index in [2.05, 4.69) is 5.32 Å². The molecule has 5 rings (SSSR count). The van der Waals surface area contributed by atoms with Gasteiger partial charge in [0.25, 0.3) is 10.0 Å². The number of carbonyl (C=O) groups excluding carboxylic acids is 2. The number of anilines is 1. The number of hydrogen-bond acceptors (Lipinski definition) is 4. The smallest absolute Gasteiger partial charge is 0.265 e. The zero-order valence-electron chi connectivity index (χ0n) is 21.7. The minimum atomic E-state index is -3.70. The van der Waals surface area contributed by atoms with Gasteiger partial charge < -0.3 is 10.2 Å². The number of rotatable bonds is 9. The number of carbonyl (C=O) groups is 2. The van der Waals surface area contributed by atoms with Crippen LogP contribution < -0.4 is 9.62 Å². The predicted molar refractivity (Wildman–Crippen MR) is 155 cm³/mol. The Morgan fingerprint density at radius 2 is 1.77 bits per heavy atom. The van der Waals surface area contributed by atoms with Crippen LogP contribution in [-0.2, 0) is 26.2 Å².